The molecule has 1 aliphatic rings. The molecular formula is C20H17N3O4S2. The lowest BCUT2D eigenvalue weighted by Gasteiger charge is -2.19. The van der Waals surface area contributed by atoms with Crippen LogP contribution in [0.1, 0.15) is 0 Å². The van der Waals surface area contributed by atoms with Gasteiger partial charge in [0.15, 0.2) is 15.8 Å². The number of imide groups is 1. The summed E-state index contributed by atoms with van der Waals surface area (Å²) >= 11 is 2.76. The van der Waals surface area contributed by atoms with Crippen molar-refractivity contribution in [2.75, 3.05) is 24.3 Å². The number of rotatable bonds is 5. The Morgan fingerprint density at radius 3 is 2.69 bits per heavy atom. The van der Waals surface area contributed by atoms with Crippen LogP contribution in [0, 0.1) is 0 Å². The van der Waals surface area contributed by atoms with Gasteiger partial charge in [0.05, 0.1) is 11.4 Å². The Kier molecular flexibility index (Phi) is 5.97. The summed E-state index contributed by atoms with van der Waals surface area (Å²) in [6.07, 6.45) is 0. The van der Waals surface area contributed by atoms with Crippen LogP contribution < -0.4 is 20.1 Å². The maximum atomic E-state index is 12.1. The van der Waals surface area contributed by atoms with E-state index in [1.165, 1.54) is 23.1 Å². The molecule has 3 amide bonds. The summed E-state index contributed by atoms with van der Waals surface area (Å²) in [4.78, 5) is 28.6. The van der Waals surface area contributed by atoms with Crippen molar-refractivity contribution < 1.29 is 19.1 Å². The number of carbonyl (C=O) groups is 2. The Morgan fingerprint density at radius 1 is 1.07 bits per heavy atom. The van der Waals surface area contributed by atoms with Crippen LogP contribution in [0.2, 0.25) is 0 Å². The number of thiazole rings is 1. The summed E-state index contributed by atoms with van der Waals surface area (Å²) in [5.74, 6) is 0.888. The van der Waals surface area contributed by atoms with Gasteiger partial charge >= 0.3 is 6.03 Å². The van der Waals surface area contributed by atoms with E-state index in [1.54, 1.807) is 18.2 Å². The zero-order valence-electron chi connectivity index (χ0n) is 15.2. The SMILES string of the molecule is O=C(CSc1nc(-c2ccccc2)cs1)NC(=O)Nc1ccc2c(c1)OCCO2. The van der Waals surface area contributed by atoms with Gasteiger partial charge in [-0.2, -0.15) is 0 Å². The molecule has 4 rings (SSSR count). The minimum Gasteiger partial charge on any atom is -0.486 e. The van der Waals surface area contributed by atoms with Crippen molar-refractivity contribution in [1.29, 1.82) is 0 Å². The van der Waals surface area contributed by atoms with Gasteiger partial charge in [-0.15, -0.1) is 11.3 Å². The van der Waals surface area contributed by atoms with Crippen LogP contribution in [0.25, 0.3) is 11.3 Å². The van der Waals surface area contributed by atoms with Crippen LogP contribution in [0.3, 0.4) is 0 Å². The van der Waals surface area contributed by atoms with Crippen molar-refractivity contribution in [2.45, 2.75) is 4.34 Å². The Hall–Kier alpha value is -3.04. The largest absolute Gasteiger partial charge is 0.486 e. The number of fused-ring (bicyclic) bond motifs is 1. The van der Waals surface area contributed by atoms with Crippen molar-refractivity contribution in [3.05, 3.63) is 53.9 Å². The van der Waals surface area contributed by atoms with E-state index >= 15 is 0 Å². The molecule has 0 bridgehead atoms. The van der Waals surface area contributed by atoms with Crippen LogP contribution in [-0.4, -0.2) is 35.9 Å². The second-order valence-corrected chi connectivity index (χ2v) is 8.09. The normalized spacial score (nSPS) is 12.3. The summed E-state index contributed by atoms with van der Waals surface area (Å²) in [5.41, 5.74) is 2.41. The lowest BCUT2D eigenvalue weighted by atomic mass is 10.2. The van der Waals surface area contributed by atoms with E-state index in [0.29, 0.717) is 30.4 Å². The summed E-state index contributed by atoms with van der Waals surface area (Å²) in [5, 5.41) is 6.88. The number of ether oxygens (including phenoxy) is 2. The fourth-order valence-corrected chi connectivity index (χ4v) is 4.27. The molecule has 0 saturated carbocycles. The first kappa shape index (κ1) is 19.3. The van der Waals surface area contributed by atoms with E-state index in [-0.39, 0.29) is 5.75 Å². The van der Waals surface area contributed by atoms with Crippen molar-refractivity contribution in [1.82, 2.24) is 10.3 Å². The van der Waals surface area contributed by atoms with Gasteiger partial charge in [0.1, 0.15) is 13.2 Å². The minimum absolute atomic E-state index is 0.0936. The van der Waals surface area contributed by atoms with Gasteiger partial charge in [0, 0.05) is 22.7 Å². The maximum Gasteiger partial charge on any atom is 0.325 e. The number of nitrogens with zero attached hydrogens (tertiary/aromatic N) is 1. The van der Waals surface area contributed by atoms with Gasteiger partial charge in [-0.25, -0.2) is 9.78 Å². The van der Waals surface area contributed by atoms with Crippen LogP contribution >= 0.6 is 23.1 Å². The van der Waals surface area contributed by atoms with E-state index in [2.05, 4.69) is 15.6 Å². The van der Waals surface area contributed by atoms with Gasteiger partial charge in [0.25, 0.3) is 0 Å². The number of hydrogen-bond acceptors (Lipinski definition) is 7. The first-order valence-corrected chi connectivity index (χ1v) is 10.7. The molecule has 148 valence electrons. The Labute approximate surface area is 175 Å². The molecule has 2 aromatic carbocycles. The zero-order valence-corrected chi connectivity index (χ0v) is 16.8. The van der Waals surface area contributed by atoms with E-state index < -0.39 is 11.9 Å². The van der Waals surface area contributed by atoms with Crippen molar-refractivity contribution >= 4 is 40.7 Å². The van der Waals surface area contributed by atoms with Crippen molar-refractivity contribution in [3.8, 4) is 22.8 Å². The van der Waals surface area contributed by atoms with Crippen LogP contribution in [0.15, 0.2) is 58.3 Å². The van der Waals surface area contributed by atoms with Crippen LogP contribution in [0.4, 0.5) is 10.5 Å². The molecule has 1 aromatic heterocycles. The lowest BCUT2D eigenvalue weighted by Crippen LogP contribution is -2.35. The molecule has 0 fully saturated rings. The second-order valence-electron chi connectivity index (χ2n) is 6.01. The molecule has 7 nitrogen and oxygen atoms in total. The first-order valence-electron chi connectivity index (χ1n) is 8.81. The second kappa shape index (κ2) is 8.97. The third kappa shape index (κ3) is 5.07. The minimum atomic E-state index is -0.601. The molecule has 0 saturated heterocycles. The molecule has 2 heterocycles. The third-order valence-electron chi connectivity index (χ3n) is 3.93. The highest BCUT2D eigenvalue weighted by Gasteiger charge is 2.14. The van der Waals surface area contributed by atoms with E-state index in [0.717, 1.165) is 15.6 Å². The van der Waals surface area contributed by atoms with Crippen molar-refractivity contribution in [3.63, 3.8) is 0 Å². The molecule has 2 N–H and O–H groups in total. The van der Waals surface area contributed by atoms with E-state index in [4.69, 9.17) is 9.47 Å². The highest BCUT2D eigenvalue weighted by Crippen LogP contribution is 2.32. The van der Waals surface area contributed by atoms with E-state index in [1.807, 2.05) is 35.7 Å². The quantitative estimate of drug-likeness (QED) is 0.598. The number of anilines is 1. The number of thioether (sulfide) groups is 1. The predicted octanol–water partition coefficient (Wildman–Crippen LogP) is 4.02. The monoisotopic (exact) mass is 427 g/mol. The summed E-state index contributed by atoms with van der Waals surface area (Å²) in [6, 6.07) is 14.3. The topological polar surface area (TPSA) is 89.6 Å². The molecule has 0 radical (unpaired) electrons. The number of benzene rings is 2. The van der Waals surface area contributed by atoms with Gasteiger partial charge < -0.3 is 14.8 Å². The Morgan fingerprint density at radius 2 is 1.86 bits per heavy atom. The fraction of sp³-hybridized carbons (Fsp3) is 0.150. The number of urea groups is 1. The molecule has 0 spiro atoms. The molecule has 0 aliphatic carbocycles. The Balaban J connectivity index is 1.26. The average Bonchev–Trinajstić information content (AvgIpc) is 3.22. The molecule has 3 aromatic rings. The van der Waals surface area contributed by atoms with Gasteiger partial charge in [-0.3, -0.25) is 10.1 Å². The number of aromatic nitrogens is 1. The summed E-state index contributed by atoms with van der Waals surface area (Å²) < 4.78 is 11.7. The summed E-state index contributed by atoms with van der Waals surface area (Å²) in [6.45, 7) is 0.958. The molecule has 9 heteroatoms. The van der Waals surface area contributed by atoms with Gasteiger partial charge in [0.2, 0.25) is 5.91 Å². The molecular weight excluding hydrogens is 410 g/mol. The Bertz CT molecular complexity index is 1020. The highest BCUT2D eigenvalue weighted by molar-refractivity contribution is 8.01. The van der Waals surface area contributed by atoms with Crippen LogP contribution in [0.5, 0.6) is 11.5 Å². The van der Waals surface area contributed by atoms with Gasteiger partial charge in [-0.1, -0.05) is 42.1 Å². The standard InChI is InChI=1S/C20H17N3O4S2/c24-18(12-29-20-22-15(11-28-20)13-4-2-1-3-5-13)23-19(25)21-14-6-7-16-17(10-14)27-9-8-26-16/h1-7,10-11H,8-9,12H2,(H2,21,23,24,25). The fourth-order valence-electron chi connectivity index (χ4n) is 2.64. The molecule has 29 heavy (non-hydrogen) atoms. The van der Waals surface area contributed by atoms with Crippen LogP contribution in [-0.2, 0) is 4.79 Å². The van der Waals surface area contributed by atoms with Crippen molar-refractivity contribution in [2.24, 2.45) is 0 Å². The average molecular weight is 428 g/mol. The lowest BCUT2D eigenvalue weighted by molar-refractivity contribution is -0.117. The first-order chi connectivity index (χ1) is 14.2. The maximum absolute atomic E-state index is 12.1. The number of nitrogens with one attached hydrogen (secondary N) is 2. The summed E-state index contributed by atoms with van der Waals surface area (Å²) in [7, 11) is 0. The van der Waals surface area contributed by atoms with Gasteiger partial charge in [-0.05, 0) is 12.1 Å². The third-order valence-corrected chi connectivity index (χ3v) is 5.95. The number of hydrogen-bond donors (Lipinski definition) is 2. The molecule has 1 aliphatic heterocycles. The number of carbonyl (C=O) groups excluding carboxylic acids is 2. The van der Waals surface area contributed by atoms with E-state index in [9.17, 15) is 9.59 Å². The number of amides is 3. The highest BCUT2D eigenvalue weighted by atomic mass is 32.2. The molecule has 0 unspecified atom stereocenters. The predicted molar refractivity (Wildman–Crippen MR) is 113 cm³/mol. The molecule has 0 atom stereocenters. The smallest absolute Gasteiger partial charge is 0.325 e. The zero-order chi connectivity index (χ0) is 20.1.